The molecule has 0 aromatic heterocycles. The Morgan fingerprint density at radius 1 is 1.14 bits per heavy atom. The second-order valence-corrected chi connectivity index (χ2v) is 5.83. The van der Waals surface area contributed by atoms with Crippen molar-refractivity contribution in [3.63, 3.8) is 0 Å². The van der Waals surface area contributed by atoms with E-state index in [2.05, 4.69) is 20.8 Å². The van der Waals surface area contributed by atoms with Crippen molar-refractivity contribution in [2.45, 2.75) is 58.8 Å². The van der Waals surface area contributed by atoms with Crippen LogP contribution >= 0.6 is 0 Å². The third-order valence-corrected chi connectivity index (χ3v) is 4.04. The van der Waals surface area contributed by atoms with E-state index in [0.29, 0.717) is 5.92 Å². The average molecular weight is 292 g/mol. The minimum atomic E-state index is -0.238. The average Bonchev–Trinajstić information content (AvgIpc) is 2.50. The second kappa shape index (κ2) is 8.40. The summed E-state index contributed by atoms with van der Waals surface area (Å²) >= 11 is 0. The number of hydrogen-bond donors (Lipinski definition) is 0. The van der Waals surface area contributed by atoms with E-state index in [1.807, 2.05) is 24.3 Å². The Hall–Kier alpha value is -1.06. The highest BCUT2D eigenvalue weighted by Gasteiger charge is 2.29. The summed E-state index contributed by atoms with van der Waals surface area (Å²) in [7, 11) is 0. The summed E-state index contributed by atoms with van der Waals surface area (Å²) in [4.78, 5) is 0. The molecule has 0 saturated carbocycles. The summed E-state index contributed by atoms with van der Waals surface area (Å²) in [5.41, 5.74) is 1.07. The molecule has 0 amide bonds. The van der Waals surface area contributed by atoms with Gasteiger partial charge in [-0.15, -0.1) is 0 Å². The van der Waals surface area contributed by atoms with E-state index in [4.69, 9.17) is 14.2 Å². The van der Waals surface area contributed by atoms with Gasteiger partial charge in [-0.05, 0) is 31.9 Å². The van der Waals surface area contributed by atoms with Crippen LogP contribution < -0.4 is 4.74 Å². The van der Waals surface area contributed by atoms with Crippen molar-refractivity contribution in [3.8, 4) is 5.75 Å². The molecule has 118 valence electrons. The standard InChI is InChI=1S/C18H28O3/c1-4-6-12-19-17-10-8-15(9-11-17)18-20-13-16(7-5-2)14(3)21-18/h8-11,14,16,18H,4-7,12-13H2,1-3H3. The highest BCUT2D eigenvalue weighted by atomic mass is 16.7. The van der Waals surface area contributed by atoms with Gasteiger partial charge in [0, 0.05) is 11.5 Å². The van der Waals surface area contributed by atoms with Crippen molar-refractivity contribution in [3.05, 3.63) is 29.8 Å². The first-order chi connectivity index (χ1) is 10.2. The first-order valence-electron chi connectivity index (χ1n) is 8.24. The van der Waals surface area contributed by atoms with Crippen molar-refractivity contribution in [2.75, 3.05) is 13.2 Å². The van der Waals surface area contributed by atoms with Gasteiger partial charge < -0.3 is 14.2 Å². The maximum Gasteiger partial charge on any atom is 0.184 e. The first kappa shape index (κ1) is 16.3. The summed E-state index contributed by atoms with van der Waals surface area (Å²) in [5.74, 6) is 1.43. The normalized spacial score (nSPS) is 25.8. The molecule has 1 fully saturated rings. The van der Waals surface area contributed by atoms with Crippen LogP contribution in [0.3, 0.4) is 0 Å². The fraction of sp³-hybridized carbons (Fsp3) is 0.667. The Bertz CT molecular complexity index is 401. The Kier molecular flexibility index (Phi) is 6.52. The zero-order chi connectivity index (χ0) is 15.1. The number of unbranched alkanes of at least 4 members (excludes halogenated alkanes) is 1. The van der Waals surface area contributed by atoms with E-state index in [0.717, 1.165) is 43.8 Å². The molecule has 3 nitrogen and oxygen atoms in total. The summed E-state index contributed by atoms with van der Waals surface area (Å²) < 4.78 is 17.6. The highest BCUT2D eigenvalue weighted by Crippen LogP contribution is 2.31. The van der Waals surface area contributed by atoms with Crippen LogP contribution in [0, 0.1) is 5.92 Å². The van der Waals surface area contributed by atoms with E-state index >= 15 is 0 Å². The van der Waals surface area contributed by atoms with E-state index in [1.165, 1.54) is 6.42 Å². The highest BCUT2D eigenvalue weighted by molar-refractivity contribution is 5.28. The van der Waals surface area contributed by atoms with Crippen LogP contribution in [-0.4, -0.2) is 19.3 Å². The molecule has 1 heterocycles. The molecular formula is C18H28O3. The molecule has 3 heteroatoms. The topological polar surface area (TPSA) is 27.7 Å². The van der Waals surface area contributed by atoms with Gasteiger partial charge in [-0.25, -0.2) is 0 Å². The van der Waals surface area contributed by atoms with Gasteiger partial charge in [0.1, 0.15) is 5.75 Å². The fourth-order valence-corrected chi connectivity index (χ4v) is 2.61. The van der Waals surface area contributed by atoms with Crippen molar-refractivity contribution in [2.24, 2.45) is 5.92 Å². The Labute approximate surface area is 128 Å². The molecule has 0 spiro atoms. The van der Waals surface area contributed by atoms with E-state index in [1.54, 1.807) is 0 Å². The van der Waals surface area contributed by atoms with Gasteiger partial charge in [-0.1, -0.05) is 38.8 Å². The van der Waals surface area contributed by atoms with Gasteiger partial charge in [0.15, 0.2) is 6.29 Å². The van der Waals surface area contributed by atoms with Gasteiger partial charge in [0.05, 0.1) is 19.3 Å². The Balaban J connectivity index is 1.88. The molecule has 0 bridgehead atoms. The quantitative estimate of drug-likeness (QED) is 0.681. The molecule has 2 rings (SSSR count). The lowest BCUT2D eigenvalue weighted by molar-refractivity contribution is -0.237. The third-order valence-electron chi connectivity index (χ3n) is 4.04. The maximum atomic E-state index is 6.01. The summed E-state index contributed by atoms with van der Waals surface area (Å²) in [6.45, 7) is 8.09. The molecule has 3 atom stereocenters. The summed E-state index contributed by atoms with van der Waals surface area (Å²) in [5, 5.41) is 0. The second-order valence-electron chi connectivity index (χ2n) is 5.83. The van der Waals surface area contributed by atoms with Crippen LogP contribution in [0.4, 0.5) is 0 Å². The third kappa shape index (κ3) is 4.72. The van der Waals surface area contributed by atoms with Crippen LogP contribution in [-0.2, 0) is 9.47 Å². The van der Waals surface area contributed by atoms with Crippen molar-refractivity contribution in [1.29, 1.82) is 0 Å². The van der Waals surface area contributed by atoms with Gasteiger partial charge in [-0.2, -0.15) is 0 Å². The van der Waals surface area contributed by atoms with Crippen LogP contribution in [0.1, 0.15) is 58.3 Å². The van der Waals surface area contributed by atoms with E-state index < -0.39 is 0 Å². The molecule has 21 heavy (non-hydrogen) atoms. The SMILES string of the molecule is CCCCOc1ccc(C2OCC(CCC)C(C)O2)cc1. The van der Waals surface area contributed by atoms with E-state index in [9.17, 15) is 0 Å². The minimum absolute atomic E-state index is 0.238. The van der Waals surface area contributed by atoms with Crippen molar-refractivity contribution < 1.29 is 14.2 Å². The zero-order valence-electron chi connectivity index (χ0n) is 13.5. The number of benzene rings is 1. The van der Waals surface area contributed by atoms with Gasteiger partial charge >= 0.3 is 0 Å². The lowest BCUT2D eigenvalue weighted by Crippen LogP contribution is -2.34. The molecule has 1 aromatic carbocycles. The number of hydrogen-bond acceptors (Lipinski definition) is 3. The molecule has 3 unspecified atom stereocenters. The summed E-state index contributed by atoms with van der Waals surface area (Å²) in [6, 6.07) is 8.08. The van der Waals surface area contributed by atoms with Crippen molar-refractivity contribution >= 4 is 0 Å². The molecule has 1 aromatic rings. The molecule has 0 aliphatic carbocycles. The maximum absolute atomic E-state index is 6.01. The predicted octanol–water partition coefficient (Wildman–Crippen LogP) is 4.72. The van der Waals surface area contributed by atoms with Gasteiger partial charge in [0.25, 0.3) is 0 Å². The first-order valence-corrected chi connectivity index (χ1v) is 8.24. The number of ether oxygens (including phenoxy) is 3. The van der Waals surface area contributed by atoms with Crippen LogP contribution in [0.5, 0.6) is 5.75 Å². The molecule has 0 N–H and O–H groups in total. The van der Waals surface area contributed by atoms with Crippen LogP contribution in [0.2, 0.25) is 0 Å². The molecule has 1 aliphatic heterocycles. The monoisotopic (exact) mass is 292 g/mol. The smallest absolute Gasteiger partial charge is 0.184 e. The predicted molar refractivity (Wildman–Crippen MR) is 84.5 cm³/mol. The zero-order valence-corrected chi connectivity index (χ0v) is 13.5. The summed E-state index contributed by atoms with van der Waals surface area (Å²) in [6.07, 6.45) is 4.60. The lowest BCUT2D eigenvalue weighted by atomic mass is 9.98. The van der Waals surface area contributed by atoms with Crippen molar-refractivity contribution in [1.82, 2.24) is 0 Å². The van der Waals surface area contributed by atoms with Crippen LogP contribution in [0.25, 0.3) is 0 Å². The molecule has 0 radical (unpaired) electrons. The number of rotatable bonds is 7. The minimum Gasteiger partial charge on any atom is -0.494 e. The molecular weight excluding hydrogens is 264 g/mol. The lowest BCUT2D eigenvalue weighted by Gasteiger charge is -2.35. The largest absolute Gasteiger partial charge is 0.494 e. The Morgan fingerprint density at radius 2 is 1.90 bits per heavy atom. The molecule has 1 aliphatic rings. The van der Waals surface area contributed by atoms with Gasteiger partial charge in [0.2, 0.25) is 0 Å². The van der Waals surface area contributed by atoms with Gasteiger partial charge in [-0.3, -0.25) is 0 Å². The van der Waals surface area contributed by atoms with Crippen LogP contribution in [0.15, 0.2) is 24.3 Å². The molecule has 1 saturated heterocycles. The van der Waals surface area contributed by atoms with E-state index in [-0.39, 0.29) is 12.4 Å². The fourth-order valence-electron chi connectivity index (χ4n) is 2.61. The Morgan fingerprint density at radius 3 is 2.52 bits per heavy atom.